The van der Waals surface area contributed by atoms with Crippen molar-refractivity contribution in [1.82, 2.24) is 0 Å². The van der Waals surface area contributed by atoms with Gasteiger partial charge in [0.25, 0.3) is 0 Å². The van der Waals surface area contributed by atoms with Crippen LogP contribution in [0.2, 0.25) is 18.1 Å². The standard InChI is InChI=1S/C21H21F3INO3Si/c1-20(2,3)30(4,5)29-18-16-14(21(18,23)24)6-7-15(17(16)25)28-13-9-11(19(26)27)8-12(22)10-13/h8-10,18H,1-5H3,(H2,26,27). The Morgan fingerprint density at radius 3 is 2.43 bits per heavy atom. The fourth-order valence-corrected chi connectivity index (χ4v) is 4.78. The second-order valence-corrected chi connectivity index (χ2v) is 14.5. The molecule has 1 unspecified atom stereocenters. The first-order valence-corrected chi connectivity index (χ1v) is 13.1. The summed E-state index contributed by atoms with van der Waals surface area (Å²) < 4.78 is 55.3. The number of primary amides is 1. The molecule has 2 N–H and O–H groups in total. The SMILES string of the molecule is CC(C)(C)[Si](C)(C)OC1C2=C(I)C(Oc3cc(F)cc(C(N)=O)c3)=C=C=C2C1(F)F. The van der Waals surface area contributed by atoms with E-state index in [0.717, 1.165) is 12.1 Å². The van der Waals surface area contributed by atoms with E-state index >= 15 is 0 Å². The lowest BCUT2D eigenvalue weighted by atomic mass is 9.77. The summed E-state index contributed by atoms with van der Waals surface area (Å²) in [5.74, 6) is -4.62. The molecule has 4 nitrogen and oxygen atoms in total. The van der Waals surface area contributed by atoms with Crippen LogP contribution in [0.25, 0.3) is 0 Å². The van der Waals surface area contributed by atoms with Crippen molar-refractivity contribution in [1.29, 1.82) is 0 Å². The molecule has 9 heteroatoms. The molecule has 160 valence electrons. The van der Waals surface area contributed by atoms with Crippen LogP contribution < -0.4 is 10.5 Å². The number of fused-ring (bicyclic) bond motifs is 1. The van der Waals surface area contributed by atoms with Gasteiger partial charge in [-0.05, 0) is 58.6 Å². The van der Waals surface area contributed by atoms with E-state index in [9.17, 15) is 18.0 Å². The topological polar surface area (TPSA) is 61.6 Å². The van der Waals surface area contributed by atoms with Gasteiger partial charge in [0, 0.05) is 17.2 Å². The molecule has 0 spiro atoms. The number of halogens is 4. The molecule has 1 atom stereocenters. The van der Waals surface area contributed by atoms with Crippen molar-refractivity contribution in [3.8, 4) is 5.75 Å². The maximum atomic E-state index is 14.7. The van der Waals surface area contributed by atoms with Gasteiger partial charge in [-0.3, -0.25) is 4.79 Å². The van der Waals surface area contributed by atoms with Gasteiger partial charge in [-0.1, -0.05) is 26.5 Å². The minimum Gasteiger partial charge on any atom is -0.447 e. The average molecular weight is 547 g/mol. The third-order valence-corrected chi connectivity index (χ3v) is 11.0. The summed E-state index contributed by atoms with van der Waals surface area (Å²) in [6.07, 6.45) is -1.41. The number of carbonyl (C=O) groups is 1. The van der Waals surface area contributed by atoms with Gasteiger partial charge in [0.2, 0.25) is 5.91 Å². The third-order valence-electron chi connectivity index (χ3n) is 5.53. The van der Waals surface area contributed by atoms with Gasteiger partial charge in [0.05, 0.1) is 9.15 Å². The first-order chi connectivity index (χ1) is 13.6. The van der Waals surface area contributed by atoms with Gasteiger partial charge in [0.15, 0.2) is 14.1 Å². The molecule has 2 aliphatic rings. The first-order valence-electron chi connectivity index (χ1n) is 9.16. The second-order valence-electron chi connectivity index (χ2n) is 8.70. The quantitative estimate of drug-likeness (QED) is 0.296. The van der Waals surface area contributed by atoms with Crippen molar-refractivity contribution in [2.75, 3.05) is 0 Å². The molecule has 0 bridgehead atoms. The summed E-state index contributed by atoms with van der Waals surface area (Å²) in [6.45, 7) is 9.73. The number of rotatable bonds is 5. The number of hydrogen-bond donors (Lipinski definition) is 1. The van der Waals surface area contributed by atoms with Crippen molar-refractivity contribution in [2.45, 2.75) is 50.9 Å². The number of nitrogens with two attached hydrogens (primary N) is 1. The number of alkyl halides is 2. The van der Waals surface area contributed by atoms with Crippen molar-refractivity contribution < 1.29 is 27.1 Å². The Morgan fingerprint density at radius 2 is 1.87 bits per heavy atom. The smallest absolute Gasteiger partial charge is 0.309 e. The molecule has 2 aliphatic carbocycles. The minimum atomic E-state index is -3.18. The van der Waals surface area contributed by atoms with Crippen molar-refractivity contribution in [3.63, 3.8) is 0 Å². The Balaban J connectivity index is 1.98. The van der Waals surface area contributed by atoms with Gasteiger partial charge in [-0.2, -0.15) is 8.78 Å². The molecule has 0 saturated heterocycles. The molecular formula is C21H21F3INO3Si. The van der Waals surface area contributed by atoms with E-state index in [1.165, 1.54) is 6.07 Å². The van der Waals surface area contributed by atoms with Gasteiger partial charge in [-0.15, -0.1) is 0 Å². The summed E-state index contributed by atoms with van der Waals surface area (Å²) in [6, 6.07) is 3.32. The maximum absolute atomic E-state index is 14.7. The Labute approximate surface area is 187 Å². The van der Waals surface area contributed by atoms with E-state index in [1.54, 1.807) is 0 Å². The molecule has 1 saturated carbocycles. The monoisotopic (exact) mass is 547 g/mol. The fraction of sp³-hybridized carbons (Fsp3) is 0.381. The highest BCUT2D eigenvalue weighted by molar-refractivity contribution is 14.1. The average Bonchev–Trinajstić information content (AvgIpc) is 2.60. The van der Waals surface area contributed by atoms with E-state index < -0.39 is 32.1 Å². The molecular weight excluding hydrogens is 526 g/mol. The zero-order valence-corrected chi connectivity index (χ0v) is 20.3. The Morgan fingerprint density at radius 1 is 1.23 bits per heavy atom. The third kappa shape index (κ3) is 3.92. The van der Waals surface area contributed by atoms with Crippen molar-refractivity contribution in [2.24, 2.45) is 5.73 Å². The number of hydrogen-bond acceptors (Lipinski definition) is 3. The highest BCUT2D eigenvalue weighted by Gasteiger charge is 2.62. The summed E-state index contributed by atoms with van der Waals surface area (Å²) >= 11 is 1.88. The minimum absolute atomic E-state index is 0.000681. The predicted octanol–water partition coefficient (Wildman–Crippen LogP) is 5.61. The van der Waals surface area contributed by atoms with Crippen LogP contribution in [0.1, 0.15) is 31.1 Å². The second kappa shape index (κ2) is 7.42. The lowest BCUT2D eigenvalue weighted by Crippen LogP contribution is -2.57. The highest BCUT2D eigenvalue weighted by atomic mass is 127. The summed E-state index contributed by atoms with van der Waals surface area (Å²) in [7, 11) is -2.49. The molecule has 1 amide bonds. The Kier molecular flexibility index (Phi) is 5.67. The lowest BCUT2D eigenvalue weighted by Gasteiger charge is -2.48. The van der Waals surface area contributed by atoms with Crippen LogP contribution in [0.5, 0.6) is 5.75 Å². The van der Waals surface area contributed by atoms with E-state index in [4.69, 9.17) is 14.9 Å². The van der Waals surface area contributed by atoms with Crippen molar-refractivity contribution in [3.05, 3.63) is 61.5 Å². The fourth-order valence-electron chi connectivity index (χ4n) is 2.77. The van der Waals surface area contributed by atoms with Crippen LogP contribution >= 0.6 is 22.6 Å². The number of ether oxygens (including phenoxy) is 1. The van der Waals surface area contributed by atoms with E-state index in [2.05, 4.69) is 11.5 Å². The molecule has 0 aliphatic heterocycles. The molecule has 1 aromatic carbocycles. The molecule has 0 radical (unpaired) electrons. The molecule has 30 heavy (non-hydrogen) atoms. The molecule has 1 fully saturated rings. The Hall–Kier alpha value is -1.77. The van der Waals surface area contributed by atoms with Gasteiger partial charge in [-0.25, -0.2) is 4.39 Å². The van der Waals surface area contributed by atoms with Gasteiger partial charge in [0.1, 0.15) is 17.7 Å². The summed E-state index contributed by atoms with van der Waals surface area (Å²) in [5.41, 5.74) is 10.2. The number of benzene rings is 1. The van der Waals surface area contributed by atoms with E-state index in [-0.39, 0.29) is 27.7 Å². The van der Waals surface area contributed by atoms with Gasteiger partial charge < -0.3 is 14.9 Å². The van der Waals surface area contributed by atoms with Crippen LogP contribution in [0.3, 0.4) is 0 Å². The predicted molar refractivity (Wildman–Crippen MR) is 118 cm³/mol. The normalized spacial score (nSPS) is 20.2. The Bertz CT molecular complexity index is 1080. The first kappa shape index (κ1) is 22.9. The zero-order chi connectivity index (χ0) is 22.6. The van der Waals surface area contributed by atoms with E-state index in [0.29, 0.717) is 9.15 Å². The lowest BCUT2D eigenvalue weighted by molar-refractivity contribution is -0.0847. The molecule has 3 rings (SSSR count). The van der Waals surface area contributed by atoms with Crippen LogP contribution in [-0.2, 0) is 4.43 Å². The van der Waals surface area contributed by atoms with E-state index in [1.807, 2.05) is 56.5 Å². The van der Waals surface area contributed by atoms with Crippen LogP contribution in [-0.4, -0.2) is 26.3 Å². The van der Waals surface area contributed by atoms with Crippen LogP contribution in [0.15, 0.2) is 50.1 Å². The summed E-state index contributed by atoms with van der Waals surface area (Å²) in [4.78, 5) is 11.3. The number of carbonyl (C=O) groups excluding carboxylic acids is 1. The molecule has 0 heterocycles. The van der Waals surface area contributed by atoms with Crippen molar-refractivity contribution >= 4 is 36.8 Å². The largest absolute Gasteiger partial charge is 0.447 e. The highest BCUT2D eigenvalue weighted by Crippen LogP contribution is 2.55. The molecule has 0 aromatic heterocycles. The molecule has 1 aromatic rings. The van der Waals surface area contributed by atoms with Gasteiger partial charge >= 0.3 is 5.92 Å². The van der Waals surface area contributed by atoms with Crippen LogP contribution in [0, 0.1) is 5.82 Å². The zero-order valence-electron chi connectivity index (χ0n) is 17.1. The van der Waals surface area contributed by atoms with Crippen LogP contribution in [0.4, 0.5) is 13.2 Å². The number of amides is 1. The number of allylic oxidation sites excluding steroid dienone is 1. The maximum Gasteiger partial charge on any atom is 0.309 e. The summed E-state index contributed by atoms with van der Waals surface area (Å²) in [5, 5.41) is -0.249.